The maximum atomic E-state index is 13.1. The minimum absolute atomic E-state index is 0.0160. The molecule has 1 saturated heterocycles. The lowest BCUT2D eigenvalue weighted by molar-refractivity contribution is -0.153. The highest BCUT2D eigenvalue weighted by Crippen LogP contribution is 2.35. The van der Waals surface area contributed by atoms with E-state index < -0.39 is 12.0 Å². The topological polar surface area (TPSA) is 84.9 Å². The second-order valence-corrected chi connectivity index (χ2v) is 11.2. The van der Waals surface area contributed by atoms with E-state index in [1.54, 1.807) is 0 Å². The maximum absolute atomic E-state index is 13.1. The summed E-state index contributed by atoms with van der Waals surface area (Å²) >= 11 is 0. The van der Waals surface area contributed by atoms with Crippen LogP contribution in [-0.4, -0.2) is 48.4 Å². The number of carbonyl (C=O) groups is 3. The highest BCUT2D eigenvalue weighted by molar-refractivity contribution is 5.92. The molecule has 0 bridgehead atoms. The molecule has 1 fully saturated rings. The molecular formula is C29H38N2O5. The Bertz CT molecular complexity index is 1080. The van der Waals surface area contributed by atoms with Crippen LogP contribution >= 0.6 is 0 Å². The molecule has 7 heteroatoms. The summed E-state index contributed by atoms with van der Waals surface area (Å²) in [5.41, 5.74) is 2.86. The number of benzene rings is 2. The van der Waals surface area contributed by atoms with Crippen molar-refractivity contribution in [2.45, 2.75) is 71.4 Å². The van der Waals surface area contributed by atoms with Crippen LogP contribution in [0.15, 0.2) is 48.5 Å². The predicted octanol–water partition coefficient (Wildman–Crippen LogP) is 4.12. The summed E-state index contributed by atoms with van der Waals surface area (Å²) in [6.07, 6.45) is -0.210. The molecule has 36 heavy (non-hydrogen) atoms. The van der Waals surface area contributed by atoms with Crippen LogP contribution in [0, 0.1) is 0 Å². The van der Waals surface area contributed by atoms with Crippen molar-refractivity contribution in [1.29, 1.82) is 0 Å². The first kappa shape index (κ1) is 27.2. The molecular weight excluding hydrogens is 456 g/mol. The monoisotopic (exact) mass is 494 g/mol. The van der Waals surface area contributed by atoms with Gasteiger partial charge in [0.05, 0.1) is 6.42 Å². The van der Waals surface area contributed by atoms with Crippen LogP contribution in [-0.2, 0) is 36.6 Å². The summed E-state index contributed by atoms with van der Waals surface area (Å²) in [5, 5.41) is 2.74. The largest absolute Gasteiger partial charge is 0.483 e. The molecule has 2 amide bonds. The van der Waals surface area contributed by atoms with Crippen LogP contribution in [0.1, 0.15) is 64.7 Å². The molecule has 0 spiro atoms. The smallest absolute Gasteiger partial charge is 0.308 e. The van der Waals surface area contributed by atoms with Crippen LogP contribution in [0.4, 0.5) is 0 Å². The number of hydrogen-bond donors (Lipinski definition) is 1. The summed E-state index contributed by atoms with van der Waals surface area (Å²) in [6.45, 7) is 13.3. The highest BCUT2D eigenvalue weighted by atomic mass is 16.5. The number of piperazine rings is 1. The number of carbonyl (C=O) groups excluding carboxylic acids is 3. The molecule has 1 aliphatic rings. The molecule has 0 saturated carbocycles. The van der Waals surface area contributed by atoms with Gasteiger partial charge in [0.2, 0.25) is 5.91 Å². The van der Waals surface area contributed by atoms with E-state index in [1.165, 1.54) is 10.5 Å². The van der Waals surface area contributed by atoms with Crippen molar-refractivity contribution in [3.63, 3.8) is 0 Å². The van der Waals surface area contributed by atoms with Crippen molar-refractivity contribution in [2.24, 2.45) is 0 Å². The summed E-state index contributed by atoms with van der Waals surface area (Å²) in [6, 6.07) is 14.5. The van der Waals surface area contributed by atoms with Crippen molar-refractivity contribution in [1.82, 2.24) is 10.2 Å². The third-order valence-electron chi connectivity index (χ3n) is 6.26. The molecule has 1 unspecified atom stereocenters. The van der Waals surface area contributed by atoms with Crippen LogP contribution < -0.4 is 10.1 Å². The van der Waals surface area contributed by atoms with Gasteiger partial charge in [0.1, 0.15) is 18.4 Å². The van der Waals surface area contributed by atoms with Gasteiger partial charge in [-0.3, -0.25) is 14.4 Å². The fraction of sp³-hybridized carbons (Fsp3) is 0.483. The summed E-state index contributed by atoms with van der Waals surface area (Å²) in [5.74, 6) is -0.599. The Labute approximate surface area is 214 Å². The summed E-state index contributed by atoms with van der Waals surface area (Å²) < 4.78 is 11.3. The first-order valence-electron chi connectivity index (χ1n) is 12.4. The average molecular weight is 495 g/mol. The first-order valence-corrected chi connectivity index (χ1v) is 12.4. The van der Waals surface area contributed by atoms with Crippen molar-refractivity contribution in [3.05, 3.63) is 65.2 Å². The standard InChI is InChI=1S/C29H38N2O5/c1-28(2,3)21-12-13-24(22(16-21)29(4,5)6)35-19-25(32)31-15-14-30-27(34)23(31)17-26(33)36-18-20-10-8-7-9-11-20/h7-13,16,23H,14-15,17-19H2,1-6H3,(H,30,34). The lowest BCUT2D eigenvalue weighted by Crippen LogP contribution is -2.58. The molecule has 0 aliphatic carbocycles. The minimum atomic E-state index is -0.927. The SMILES string of the molecule is CC(C)(C)c1ccc(OCC(=O)N2CCNC(=O)C2CC(=O)OCc2ccccc2)c(C(C)(C)C)c1. The van der Waals surface area contributed by atoms with Gasteiger partial charge in [0, 0.05) is 13.1 Å². The van der Waals surface area contributed by atoms with Crippen molar-refractivity contribution >= 4 is 17.8 Å². The minimum Gasteiger partial charge on any atom is -0.483 e. The molecule has 0 aromatic heterocycles. The molecule has 7 nitrogen and oxygen atoms in total. The van der Waals surface area contributed by atoms with E-state index in [0.29, 0.717) is 18.8 Å². The number of nitrogens with one attached hydrogen (secondary N) is 1. The molecule has 2 aromatic rings. The predicted molar refractivity (Wildman–Crippen MR) is 139 cm³/mol. The van der Waals surface area contributed by atoms with E-state index in [2.05, 4.69) is 52.9 Å². The Balaban J connectivity index is 1.68. The molecule has 0 radical (unpaired) electrons. The fourth-order valence-electron chi connectivity index (χ4n) is 4.10. The number of nitrogens with zero attached hydrogens (tertiary/aromatic N) is 1. The van der Waals surface area contributed by atoms with E-state index in [4.69, 9.17) is 9.47 Å². The molecule has 194 valence electrons. The van der Waals surface area contributed by atoms with E-state index in [0.717, 1.165) is 11.1 Å². The van der Waals surface area contributed by atoms with Crippen molar-refractivity contribution in [2.75, 3.05) is 19.7 Å². The van der Waals surface area contributed by atoms with E-state index in [9.17, 15) is 14.4 Å². The van der Waals surface area contributed by atoms with Crippen LogP contribution in [0.3, 0.4) is 0 Å². The number of rotatable bonds is 7. The first-order chi connectivity index (χ1) is 16.9. The third kappa shape index (κ3) is 7.09. The molecule has 2 aromatic carbocycles. The van der Waals surface area contributed by atoms with Crippen LogP contribution in [0.5, 0.6) is 5.75 Å². The van der Waals surface area contributed by atoms with Gasteiger partial charge in [-0.05, 0) is 33.6 Å². The Morgan fingerprint density at radius 2 is 1.69 bits per heavy atom. The normalized spacial score (nSPS) is 16.3. The number of hydrogen-bond acceptors (Lipinski definition) is 5. The Kier molecular flexibility index (Phi) is 8.43. The Hall–Kier alpha value is -3.35. The van der Waals surface area contributed by atoms with Gasteiger partial charge in [-0.25, -0.2) is 0 Å². The second kappa shape index (κ2) is 11.1. The average Bonchev–Trinajstić information content (AvgIpc) is 2.82. The zero-order chi connectivity index (χ0) is 26.5. The van der Waals surface area contributed by atoms with Gasteiger partial charge in [-0.2, -0.15) is 0 Å². The summed E-state index contributed by atoms with van der Waals surface area (Å²) in [7, 11) is 0. The van der Waals surface area contributed by atoms with E-state index >= 15 is 0 Å². The molecule has 3 rings (SSSR count). The number of ether oxygens (including phenoxy) is 2. The number of amides is 2. The van der Waals surface area contributed by atoms with Gasteiger partial charge in [0.25, 0.3) is 5.91 Å². The van der Waals surface area contributed by atoms with E-state index in [-0.39, 0.29) is 42.3 Å². The zero-order valence-electron chi connectivity index (χ0n) is 22.2. The Morgan fingerprint density at radius 3 is 2.33 bits per heavy atom. The van der Waals surface area contributed by atoms with Gasteiger partial charge in [-0.1, -0.05) is 84.0 Å². The van der Waals surface area contributed by atoms with Crippen molar-refractivity contribution in [3.8, 4) is 5.75 Å². The molecule has 1 atom stereocenters. The lowest BCUT2D eigenvalue weighted by atomic mass is 9.80. The van der Waals surface area contributed by atoms with Crippen molar-refractivity contribution < 1.29 is 23.9 Å². The van der Waals surface area contributed by atoms with Crippen LogP contribution in [0.2, 0.25) is 0 Å². The lowest BCUT2D eigenvalue weighted by Gasteiger charge is -2.34. The zero-order valence-corrected chi connectivity index (χ0v) is 22.2. The van der Waals surface area contributed by atoms with Gasteiger partial charge in [-0.15, -0.1) is 0 Å². The molecule has 1 N–H and O–H groups in total. The van der Waals surface area contributed by atoms with Gasteiger partial charge < -0.3 is 19.7 Å². The quantitative estimate of drug-likeness (QED) is 0.586. The second-order valence-electron chi connectivity index (χ2n) is 11.2. The maximum Gasteiger partial charge on any atom is 0.308 e. The Morgan fingerprint density at radius 1 is 1.00 bits per heavy atom. The third-order valence-corrected chi connectivity index (χ3v) is 6.26. The number of esters is 1. The highest BCUT2D eigenvalue weighted by Gasteiger charge is 2.35. The summed E-state index contributed by atoms with van der Waals surface area (Å²) in [4.78, 5) is 39.6. The van der Waals surface area contributed by atoms with Crippen LogP contribution in [0.25, 0.3) is 0 Å². The van der Waals surface area contributed by atoms with Gasteiger partial charge >= 0.3 is 5.97 Å². The van der Waals surface area contributed by atoms with Gasteiger partial charge in [0.15, 0.2) is 6.61 Å². The molecule has 1 heterocycles. The molecule has 1 aliphatic heterocycles. The van der Waals surface area contributed by atoms with E-state index in [1.807, 2.05) is 42.5 Å². The fourth-order valence-corrected chi connectivity index (χ4v) is 4.10.